The van der Waals surface area contributed by atoms with Crippen LogP contribution in [-0.4, -0.2) is 26.5 Å². The Balaban J connectivity index is 1.50. The van der Waals surface area contributed by atoms with Gasteiger partial charge in [-0.1, -0.05) is 41.1 Å². The third-order valence-corrected chi connectivity index (χ3v) is 7.25. The number of aromatic nitrogens is 1. The summed E-state index contributed by atoms with van der Waals surface area (Å²) < 4.78 is 32.5. The van der Waals surface area contributed by atoms with Gasteiger partial charge < -0.3 is 9.84 Å². The lowest BCUT2D eigenvalue weighted by atomic mass is 10.2. The lowest BCUT2D eigenvalue weighted by Crippen LogP contribution is -2.26. The van der Waals surface area contributed by atoms with Gasteiger partial charge >= 0.3 is 0 Å². The number of rotatable bonds is 7. The van der Waals surface area contributed by atoms with Gasteiger partial charge in [-0.15, -0.1) is 0 Å². The molecule has 1 aliphatic rings. The molecule has 32 heavy (non-hydrogen) atoms. The molecule has 3 aromatic rings. The number of hydrogen-bond acceptors (Lipinski definition) is 5. The molecule has 0 spiro atoms. The number of nitrogens with one attached hydrogen (secondary N) is 1. The standard InChI is InChI=1S/C24H25N3O4S/c1-16-4-11-20(12-5-16)27(3)32(29,30)21-13-6-18(7-14-21)8-15-22-23(17(2)26-31-22)25-24(28)19-9-10-19/h4-8,11-15,19H,9-10H2,1-3H3,(H,25,28). The monoisotopic (exact) mass is 451 g/mol. The van der Waals surface area contributed by atoms with E-state index in [1.165, 1.54) is 11.4 Å². The van der Waals surface area contributed by atoms with E-state index in [0.717, 1.165) is 24.0 Å². The number of carbonyl (C=O) groups is 1. The average Bonchev–Trinajstić information content (AvgIpc) is 3.58. The Labute approximate surface area is 187 Å². The molecule has 0 aliphatic heterocycles. The Hall–Kier alpha value is -3.39. The van der Waals surface area contributed by atoms with Crippen molar-refractivity contribution in [2.45, 2.75) is 31.6 Å². The van der Waals surface area contributed by atoms with E-state index >= 15 is 0 Å². The molecule has 1 heterocycles. The van der Waals surface area contributed by atoms with Gasteiger partial charge in [-0.05, 0) is 62.6 Å². The maximum Gasteiger partial charge on any atom is 0.264 e. The smallest absolute Gasteiger partial charge is 0.264 e. The van der Waals surface area contributed by atoms with Crippen LogP contribution < -0.4 is 9.62 Å². The van der Waals surface area contributed by atoms with Gasteiger partial charge in [-0.25, -0.2) is 8.42 Å². The van der Waals surface area contributed by atoms with Gasteiger partial charge in [0, 0.05) is 13.0 Å². The van der Waals surface area contributed by atoms with Gasteiger partial charge in [-0.3, -0.25) is 9.10 Å². The van der Waals surface area contributed by atoms with Crippen LogP contribution in [0.1, 0.15) is 35.4 Å². The van der Waals surface area contributed by atoms with Crippen LogP contribution >= 0.6 is 0 Å². The van der Waals surface area contributed by atoms with Crippen LogP contribution in [0.5, 0.6) is 0 Å². The predicted octanol–water partition coefficient (Wildman–Crippen LogP) is 4.64. The molecule has 4 rings (SSSR count). The minimum absolute atomic E-state index is 0.0155. The van der Waals surface area contributed by atoms with Crippen LogP contribution in [0.25, 0.3) is 12.2 Å². The molecule has 2 aromatic carbocycles. The van der Waals surface area contributed by atoms with E-state index in [0.29, 0.717) is 22.8 Å². The largest absolute Gasteiger partial charge is 0.354 e. The number of benzene rings is 2. The first-order chi connectivity index (χ1) is 15.3. The van der Waals surface area contributed by atoms with E-state index in [1.54, 1.807) is 55.5 Å². The van der Waals surface area contributed by atoms with Crippen molar-refractivity contribution in [2.75, 3.05) is 16.7 Å². The summed E-state index contributed by atoms with van der Waals surface area (Å²) in [5, 5.41) is 6.82. The summed E-state index contributed by atoms with van der Waals surface area (Å²) in [5.74, 6) is 0.513. The first-order valence-corrected chi connectivity index (χ1v) is 11.8. The van der Waals surface area contributed by atoms with Crippen LogP contribution in [0.4, 0.5) is 11.4 Å². The fourth-order valence-electron chi connectivity index (χ4n) is 3.20. The lowest BCUT2D eigenvalue weighted by molar-refractivity contribution is -0.117. The number of amides is 1. The summed E-state index contributed by atoms with van der Waals surface area (Å²) >= 11 is 0. The number of anilines is 2. The van der Waals surface area contributed by atoms with Crippen molar-refractivity contribution < 1.29 is 17.7 Å². The molecule has 1 N–H and O–H groups in total. The molecule has 166 valence electrons. The highest BCUT2D eigenvalue weighted by atomic mass is 32.2. The Morgan fingerprint density at radius 3 is 2.34 bits per heavy atom. The van der Waals surface area contributed by atoms with Crippen LogP contribution in [0, 0.1) is 19.8 Å². The Bertz CT molecular complexity index is 1260. The van der Waals surface area contributed by atoms with E-state index in [-0.39, 0.29) is 16.7 Å². The van der Waals surface area contributed by atoms with Gasteiger partial charge in [0.2, 0.25) is 5.91 Å². The van der Waals surface area contributed by atoms with Crippen molar-refractivity contribution in [1.82, 2.24) is 5.16 Å². The number of nitrogens with zero attached hydrogens (tertiary/aromatic N) is 2. The molecule has 7 nitrogen and oxygen atoms in total. The highest BCUT2D eigenvalue weighted by Gasteiger charge is 2.30. The van der Waals surface area contributed by atoms with Gasteiger partial charge in [0.25, 0.3) is 10.0 Å². The minimum atomic E-state index is -3.67. The molecule has 0 unspecified atom stereocenters. The molecule has 1 aliphatic carbocycles. The molecule has 0 atom stereocenters. The van der Waals surface area contributed by atoms with Crippen LogP contribution in [0.2, 0.25) is 0 Å². The average molecular weight is 452 g/mol. The summed E-state index contributed by atoms with van der Waals surface area (Å²) in [6.07, 6.45) is 5.32. The van der Waals surface area contributed by atoms with Crippen molar-refractivity contribution in [3.63, 3.8) is 0 Å². The van der Waals surface area contributed by atoms with Gasteiger partial charge in [0.1, 0.15) is 11.4 Å². The number of sulfonamides is 1. The molecule has 1 saturated carbocycles. The SMILES string of the molecule is Cc1ccc(N(C)S(=O)(=O)c2ccc(C=Cc3onc(C)c3NC(=O)C3CC3)cc2)cc1. The fraction of sp³-hybridized carbons (Fsp3) is 0.250. The summed E-state index contributed by atoms with van der Waals surface area (Å²) in [7, 11) is -2.14. The minimum Gasteiger partial charge on any atom is -0.354 e. The first-order valence-electron chi connectivity index (χ1n) is 10.4. The van der Waals surface area contributed by atoms with Crippen molar-refractivity contribution in [3.8, 4) is 0 Å². The molecule has 0 saturated heterocycles. The van der Waals surface area contributed by atoms with Crippen LogP contribution in [0.15, 0.2) is 57.9 Å². The molecule has 1 aromatic heterocycles. The lowest BCUT2D eigenvalue weighted by Gasteiger charge is -2.19. The van der Waals surface area contributed by atoms with Gasteiger partial charge in [0.15, 0.2) is 5.76 Å². The number of aryl methyl sites for hydroxylation is 2. The molecule has 0 bridgehead atoms. The van der Waals surface area contributed by atoms with E-state index < -0.39 is 10.0 Å². The maximum atomic E-state index is 13.0. The van der Waals surface area contributed by atoms with E-state index in [4.69, 9.17) is 4.52 Å². The highest BCUT2D eigenvalue weighted by molar-refractivity contribution is 7.92. The number of carbonyl (C=O) groups excluding carboxylic acids is 1. The van der Waals surface area contributed by atoms with Crippen LogP contribution in [0.3, 0.4) is 0 Å². The van der Waals surface area contributed by atoms with Gasteiger partial charge in [-0.2, -0.15) is 0 Å². The molecule has 8 heteroatoms. The zero-order valence-corrected chi connectivity index (χ0v) is 19.0. The summed E-state index contributed by atoms with van der Waals surface area (Å²) in [4.78, 5) is 12.3. The normalized spacial score (nSPS) is 14.0. The third-order valence-electron chi connectivity index (χ3n) is 5.45. The number of hydrogen-bond donors (Lipinski definition) is 1. The molecular formula is C24H25N3O4S. The Morgan fingerprint density at radius 1 is 1.06 bits per heavy atom. The third kappa shape index (κ3) is 4.60. The Morgan fingerprint density at radius 2 is 1.72 bits per heavy atom. The fourth-order valence-corrected chi connectivity index (χ4v) is 4.39. The predicted molar refractivity (Wildman–Crippen MR) is 125 cm³/mol. The molecule has 1 fully saturated rings. The topological polar surface area (TPSA) is 92.5 Å². The molecule has 1 amide bonds. The quantitative estimate of drug-likeness (QED) is 0.565. The van der Waals surface area contributed by atoms with Crippen molar-refractivity contribution >= 4 is 39.5 Å². The summed E-state index contributed by atoms with van der Waals surface area (Å²) in [5.41, 5.74) is 3.63. The molecule has 0 radical (unpaired) electrons. The maximum absolute atomic E-state index is 13.0. The highest BCUT2D eigenvalue weighted by Crippen LogP contribution is 2.32. The first kappa shape index (κ1) is 21.8. The second kappa shape index (κ2) is 8.63. The zero-order valence-electron chi connectivity index (χ0n) is 18.2. The second-order valence-electron chi connectivity index (χ2n) is 7.98. The van der Waals surface area contributed by atoms with Crippen molar-refractivity contribution in [2.24, 2.45) is 5.92 Å². The second-order valence-corrected chi connectivity index (χ2v) is 9.95. The van der Waals surface area contributed by atoms with Crippen molar-refractivity contribution in [1.29, 1.82) is 0 Å². The van der Waals surface area contributed by atoms with Crippen molar-refractivity contribution in [3.05, 3.63) is 71.1 Å². The van der Waals surface area contributed by atoms with E-state index in [2.05, 4.69) is 10.5 Å². The van der Waals surface area contributed by atoms with E-state index in [1.807, 2.05) is 19.1 Å². The summed E-state index contributed by atoms with van der Waals surface area (Å²) in [6.45, 7) is 3.72. The molecular weight excluding hydrogens is 426 g/mol. The van der Waals surface area contributed by atoms with Crippen LogP contribution in [-0.2, 0) is 14.8 Å². The zero-order chi connectivity index (χ0) is 22.9. The Kier molecular flexibility index (Phi) is 5.88. The van der Waals surface area contributed by atoms with Gasteiger partial charge in [0.05, 0.1) is 10.6 Å². The van der Waals surface area contributed by atoms with E-state index in [9.17, 15) is 13.2 Å². The summed E-state index contributed by atoms with van der Waals surface area (Å²) in [6, 6.07) is 13.9.